The smallest absolute Gasteiger partial charge is 0.121 e. The van der Waals surface area contributed by atoms with Crippen LogP contribution >= 0.6 is 11.3 Å². The molecular weight excluding hydrogens is 404 g/mol. The van der Waals surface area contributed by atoms with Crippen LogP contribution in [-0.2, 0) is 11.2 Å². The molecule has 1 fully saturated rings. The molecule has 1 aliphatic heterocycles. The van der Waals surface area contributed by atoms with Gasteiger partial charge in [-0.15, -0.1) is 21.5 Å². The van der Waals surface area contributed by atoms with E-state index in [4.69, 9.17) is 4.74 Å². The molecule has 0 spiro atoms. The predicted molar refractivity (Wildman–Crippen MR) is 115 cm³/mol. The molecule has 2 aliphatic rings. The van der Waals surface area contributed by atoms with Crippen LogP contribution < -0.4 is 0 Å². The number of aliphatic hydroxyl groups excluding tert-OH is 4. The van der Waals surface area contributed by atoms with Crippen molar-refractivity contribution in [2.24, 2.45) is 0 Å². The van der Waals surface area contributed by atoms with Crippen LogP contribution in [0.3, 0.4) is 0 Å². The average molecular weight is 431 g/mol. The van der Waals surface area contributed by atoms with E-state index in [-0.39, 0.29) is 0 Å². The van der Waals surface area contributed by atoms with Crippen molar-refractivity contribution in [3.8, 4) is 0 Å². The fourth-order valence-corrected chi connectivity index (χ4v) is 3.93. The highest BCUT2D eigenvalue weighted by Gasteiger charge is 2.44. The second-order valence-electron chi connectivity index (χ2n) is 7.04. The van der Waals surface area contributed by atoms with Gasteiger partial charge in [-0.2, -0.15) is 0 Å². The standard InChI is InChI=1S/C22H26N2O5S/c1-14-23-24-18(30-14)12-15-8-6-4-2-3-5-7-9-16(11-10-15)22-21(28)20(27)19(26)17(13-25)29-22/h2-11,17,19-22,25-28H,12-13H2,1H3. The fraction of sp³-hybridized carbons (Fsp3) is 0.364. The Morgan fingerprint density at radius 3 is 2.27 bits per heavy atom. The molecule has 0 radical (unpaired) electrons. The topological polar surface area (TPSA) is 116 Å². The zero-order valence-corrected chi connectivity index (χ0v) is 17.4. The first-order valence-electron chi connectivity index (χ1n) is 9.68. The lowest BCUT2D eigenvalue weighted by atomic mass is 9.90. The van der Waals surface area contributed by atoms with Crippen molar-refractivity contribution < 1.29 is 25.2 Å². The Bertz CT molecular complexity index is 897. The summed E-state index contributed by atoms with van der Waals surface area (Å²) in [4.78, 5) is 0. The van der Waals surface area contributed by atoms with E-state index in [0.717, 1.165) is 15.6 Å². The highest BCUT2D eigenvalue weighted by molar-refractivity contribution is 7.11. The van der Waals surface area contributed by atoms with Gasteiger partial charge in [-0.1, -0.05) is 60.8 Å². The van der Waals surface area contributed by atoms with Crippen LogP contribution in [-0.4, -0.2) is 67.8 Å². The summed E-state index contributed by atoms with van der Waals surface area (Å²) in [6, 6.07) is 0. The molecule has 0 saturated carbocycles. The first-order chi connectivity index (χ1) is 14.5. The monoisotopic (exact) mass is 430 g/mol. The van der Waals surface area contributed by atoms with E-state index < -0.39 is 37.1 Å². The Kier molecular flexibility index (Phi) is 8.03. The molecule has 1 aliphatic carbocycles. The largest absolute Gasteiger partial charge is 0.394 e. The minimum atomic E-state index is -1.43. The molecule has 2 heterocycles. The Labute approximate surface area is 179 Å². The first kappa shape index (κ1) is 22.5. The normalized spacial score (nSPS) is 29.8. The summed E-state index contributed by atoms with van der Waals surface area (Å²) >= 11 is 1.53. The number of aryl methyl sites for hydroxylation is 1. The third kappa shape index (κ3) is 5.69. The number of hydrogen-bond acceptors (Lipinski definition) is 8. The molecule has 5 atom stereocenters. The van der Waals surface area contributed by atoms with Crippen molar-refractivity contribution >= 4 is 11.3 Å². The molecule has 1 saturated heterocycles. The number of ether oxygens (including phenoxy) is 1. The summed E-state index contributed by atoms with van der Waals surface area (Å²) in [6.45, 7) is 1.44. The summed E-state index contributed by atoms with van der Waals surface area (Å²) in [5.74, 6) is 0. The second kappa shape index (κ2) is 10.7. The third-order valence-electron chi connectivity index (χ3n) is 4.79. The predicted octanol–water partition coefficient (Wildman–Crippen LogP) is 1.32. The van der Waals surface area contributed by atoms with Gasteiger partial charge in [0.05, 0.1) is 6.61 Å². The Morgan fingerprint density at radius 2 is 1.60 bits per heavy atom. The van der Waals surface area contributed by atoms with Crippen LogP contribution in [0.1, 0.15) is 10.0 Å². The van der Waals surface area contributed by atoms with Crippen molar-refractivity contribution in [1.29, 1.82) is 0 Å². The van der Waals surface area contributed by atoms with E-state index >= 15 is 0 Å². The van der Waals surface area contributed by atoms with Gasteiger partial charge < -0.3 is 25.2 Å². The van der Waals surface area contributed by atoms with Crippen LogP contribution in [0.15, 0.2) is 71.9 Å². The Morgan fingerprint density at radius 1 is 0.900 bits per heavy atom. The minimum Gasteiger partial charge on any atom is -0.394 e. The van der Waals surface area contributed by atoms with E-state index in [9.17, 15) is 20.4 Å². The number of rotatable bonds is 4. The van der Waals surface area contributed by atoms with Gasteiger partial charge >= 0.3 is 0 Å². The molecule has 5 unspecified atom stereocenters. The summed E-state index contributed by atoms with van der Waals surface area (Å²) in [7, 11) is 0. The number of aliphatic hydroxyl groups is 4. The molecule has 3 rings (SSSR count). The van der Waals surface area contributed by atoms with Gasteiger partial charge in [0, 0.05) is 6.42 Å². The molecular formula is C22H26N2O5S. The van der Waals surface area contributed by atoms with E-state index in [1.165, 1.54) is 11.3 Å². The Hall–Kier alpha value is -2.20. The lowest BCUT2D eigenvalue weighted by Gasteiger charge is -2.40. The van der Waals surface area contributed by atoms with E-state index in [0.29, 0.717) is 12.0 Å². The SMILES string of the molecule is Cc1nnc(CC2=CC=C(C3OC(CO)C(O)C(O)C3O)C=CC=CC=CC=C2)s1. The van der Waals surface area contributed by atoms with E-state index in [2.05, 4.69) is 10.2 Å². The maximum absolute atomic E-state index is 10.5. The molecule has 4 N–H and O–H groups in total. The van der Waals surface area contributed by atoms with Crippen LogP contribution in [0.2, 0.25) is 0 Å². The second-order valence-corrected chi connectivity index (χ2v) is 8.30. The van der Waals surface area contributed by atoms with Crippen molar-refractivity contribution in [3.63, 3.8) is 0 Å². The molecule has 7 nitrogen and oxygen atoms in total. The number of allylic oxidation sites excluding steroid dienone is 10. The number of aromatic nitrogens is 2. The lowest BCUT2D eigenvalue weighted by Crippen LogP contribution is -2.58. The maximum atomic E-state index is 10.5. The summed E-state index contributed by atoms with van der Waals surface area (Å²) in [5.41, 5.74) is 1.57. The molecule has 0 amide bonds. The Balaban J connectivity index is 1.94. The highest BCUT2D eigenvalue weighted by Crippen LogP contribution is 2.27. The van der Waals surface area contributed by atoms with Crippen molar-refractivity contribution in [2.75, 3.05) is 6.61 Å². The van der Waals surface area contributed by atoms with Gasteiger partial charge in [0.15, 0.2) is 0 Å². The van der Waals surface area contributed by atoms with Crippen LogP contribution in [0.4, 0.5) is 0 Å². The van der Waals surface area contributed by atoms with Gasteiger partial charge in [0.1, 0.15) is 40.5 Å². The van der Waals surface area contributed by atoms with Crippen molar-refractivity contribution in [2.45, 2.75) is 43.9 Å². The van der Waals surface area contributed by atoms with Crippen molar-refractivity contribution in [1.82, 2.24) is 10.2 Å². The number of hydrogen-bond donors (Lipinski definition) is 4. The van der Waals surface area contributed by atoms with Gasteiger partial charge in [0.2, 0.25) is 0 Å². The molecule has 8 heteroatoms. The molecule has 0 aromatic carbocycles. The summed E-state index contributed by atoms with van der Waals surface area (Å²) in [6.07, 6.45) is 13.2. The molecule has 1 aromatic rings. The molecule has 0 bridgehead atoms. The molecule has 1 aromatic heterocycles. The lowest BCUT2D eigenvalue weighted by molar-refractivity contribution is -0.218. The third-order valence-corrected chi connectivity index (χ3v) is 5.63. The summed E-state index contributed by atoms with van der Waals surface area (Å²) < 4.78 is 5.72. The van der Waals surface area contributed by atoms with E-state index in [1.807, 2.05) is 49.5 Å². The van der Waals surface area contributed by atoms with Crippen molar-refractivity contribution in [3.05, 3.63) is 81.9 Å². The van der Waals surface area contributed by atoms with Gasteiger partial charge in [-0.05, 0) is 18.1 Å². The first-order valence-corrected chi connectivity index (χ1v) is 10.5. The van der Waals surface area contributed by atoms with E-state index in [1.54, 1.807) is 18.2 Å². The van der Waals surface area contributed by atoms with Gasteiger partial charge in [-0.3, -0.25) is 0 Å². The fourth-order valence-electron chi connectivity index (χ4n) is 3.19. The molecule has 30 heavy (non-hydrogen) atoms. The molecule has 160 valence electrons. The van der Waals surface area contributed by atoms with Gasteiger partial charge in [0.25, 0.3) is 0 Å². The van der Waals surface area contributed by atoms with Crippen LogP contribution in [0.25, 0.3) is 0 Å². The zero-order chi connectivity index (χ0) is 21.5. The summed E-state index contributed by atoms with van der Waals surface area (Å²) in [5, 5.41) is 50.2. The minimum absolute atomic E-state index is 0.469. The maximum Gasteiger partial charge on any atom is 0.121 e. The van der Waals surface area contributed by atoms with Crippen LogP contribution in [0, 0.1) is 6.92 Å². The quantitative estimate of drug-likeness (QED) is 0.569. The average Bonchev–Trinajstić information content (AvgIpc) is 3.14. The highest BCUT2D eigenvalue weighted by atomic mass is 32.1. The van der Waals surface area contributed by atoms with Crippen LogP contribution in [0.5, 0.6) is 0 Å². The number of nitrogens with zero attached hydrogens (tertiary/aromatic N) is 2. The zero-order valence-electron chi connectivity index (χ0n) is 16.6. The van der Waals surface area contributed by atoms with Gasteiger partial charge in [-0.25, -0.2) is 0 Å².